The molecule has 0 saturated heterocycles. The molecule has 0 aromatic heterocycles. The minimum absolute atomic E-state index is 0.232. The molecule has 0 bridgehead atoms. The van der Waals surface area contributed by atoms with Gasteiger partial charge in [-0.1, -0.05) is 19.9 Å². The first-order valence-electron chi connectivity index (χ1n) is 6.31. The van der Waals surface area contributed by atoms with Gasteiger partial charge in [0.15, 0.2) is 0 Å². The molecule has 17 heavy (non-hydrogen) atoms. The van der Waals surface area contributed by atoms with Gasteiger partial charge in [-0.25, -0.2) is 8.42 Å². The van der Waals surface area contributed by atoms with E-state index in [1.165, 1.54) is 0 Å². The predicted molar refractivity (Wildman–Crippen MR) is 71.5 cm³/mol. The summed E-state index contributed by atoms with van der Waals surface area (Å²) in [5.41, 5.74) is 0. The van der Waals surface area contributed by atoms with Gasteiger partial charge in [0.05, 0.1) is 5.75 Å². The molecule has 0 spiro atoms. The summed E-state index contributed by atoms with van der Waals surface area (Å²) in [5.74, 6) is 0.233. The summed E-state index contributed by atoms with van der Waals surface area (Å²) in [6.07, 6.45) is 4.33. The van der Waals surface area contributed by atoms with Gasteiger partial charge in [-0.15, -0.1) is 6.58 Å². The fraction of sp³-hybridized carbons (Fsp3) is 0.833. The average Bonchev–Trinajstić information content (AvgIpc) is 3.04. The smallest absolute Gasteiger partial charge is 0.214 e. The maximum Gasteiger partial charge on any atom is 0.214 e. The Kier molecular flexibility index (Phi) is 5.62. The Balaban J connectivity index is 2.39. The SMILES string of the molecule is C=CCN(C1CC1)S(=O)(=O)CCCNC(C)C. The van der Waals surface area contributed by atoms with Crippen molar-refractivity contribution in [2.45, 2.75) is 45.2 Å². The maximum absolute atomic E-state index is 12.1. The molecule has 0 amide bonds. The van der Waals surface area contributed by atoms with E-state index >= 15 is 0 Å². The van der Waals surface area contributed by atoms with Gasteiger partial charge in [0.25, 0.3) is 0 Å². The maximum atomic E-state index is 12.1. The minimum Gasteiger partial charge on any atom is -0.314 e. The van der Waals surface area contributed by atoms with Gasteiger partial charge >= 0.3 is 0 Å². The summed E-state index contributed by atoms with van der Waals surface area (Å²) >= 11 is 0. The van der Waals surface area contributed by atoms with E-state index in [1.54, 1.807) is 10.4 Å². The Morgan fingerprint density at radius 2 is 2.12 bits per heavy atom. The second kappa shape index (κ2) is 6.52. The number of rotatable bonds is 9. The van der Waals surface area contributed by atoms with Gasteiger partial charge in [-0.3, -0.25) is 0 Å². The molecule has 0 unspecified atom stereocenters. The summed E-state index contributed by atoms with van der Waals surface area (Å²) in [6, 6.07) is 0.640. The van der Waals surface area contributed by atoms with Crippen LogP contribution in [0.1, 0.15) is 33.1 Å². The molecule has 0 aliphatic heterocycles. The monoisotopic (exact) mass is 260 g/mol. The Morgan fingerprint density at radius 1 is 1.47 bits per heavy atom. The van der Waals surface area contributed by atoms with E-state index in [-0.39, 0.29) is 11.8 Å². The highest BCUT2D eigenvalue weighted by atomic mass is 32.2. The number of hydrogen-bond donors (Lipinski definition) is 1. The van der Waals surface area contributed by atoms with Crippen molar-refractivity contribution in [1.29, 1.82) is 0 Å². The molecule has 4 nitrogen and oxygen atoms in total. The topological polar surface area (TPSA) is 49.4 Å². The Morgan fingerprint density at radius 3 is 2.59 bits per heavy atom. The van der Waals surface area contributed by atoms with Crippen molar-refractivity contribution in [2.75, 3.05) is 18.8 Å². The third-order valence-electron chi connectivity index (χ3n) is 2.75. The van der Waals surface area contributed by atoms with Crippen molar-refractivity contribution in [1.82, 2.24) is 9.62 Å². The van der Waals surface area contributed by atoms with Crippen LogP contribution in [0.2, 0.25) is 0 Å². The fourth-order valence-corrected chi connectivity index (χ4v) is 3.48. The zero-order chi connectivity index (χ0) is 12.9. The molecule has 0 heterocycles. The number of nitrogens with zero attached hydrogens (tertiary/aromatic N) is 1. The molecule has 1 fully saturated rings. The zero-order valence-electron chi connectivity index (χ0n) is 10.9. The van der Waals surface area contributed by atoms with Crippen LogP contribution in [0.4, 0.5) is 0 Å². The molecule has 1 rings (SSSR count). The molecule has 0 atom stereocenters. The molecule has 1 aliphatic carbocycles. The summed E-state index contributed by atoms with van der Waals surface area (Å²) in [5, 5.41) is 3.23. The van der Waals surface area contributed by atoms with Crippen molar-refractivity contribution >= 4 is 10.0 Å². The lowest BCUT2D eigenvalue weighted by Gasteiger charge is -2.20. The van der Waals surface area contributed by atoms with Crippen molar-refractivity contribution in [3.63, 3.8) is 0 Å². The molecule has 5 heteroatoms. The van der Waals surface area contributed by atoms with Crippen LogP contribution in [0.3, 0.4) is 0 Å². The van der Waals surface area contributed by atoms with Crippen molar-refractivity contribution < 1.29 is 8.42 Å². The van der Waals surface area contributed by atoms with E-state index in [2.05, 4.69) is 25.7 Å². The third kappa shape index (κ3) is 5.19. The lowest BCUT2D eigenvalue weighted by atomic mass is 10.4. The van der Waals surface area contributed by atoms with E-state index in [4.69, 9.17) is 0 Å². The number of nitrogens with one attached hydrogen (secondary N) is 1. The van der Waals surface area contributed by atoms with Crippen molar-refractivity contribution in [3.8, 4) is 0 Å². The van der Waals surface area contributed by atoms with Crippen LogP contribution in [-0.4, -0.2) is 43.6 Å². The minimum atomic E-state index is -3.10. The Bertz CT molecular complexity index is 334. The van der Waals surface area contributed by atoms with Gasteiger partial charge in [-0.2, -0.15) is 4.31 Å². The number of sulfonamides is 1. The van der Waals surface area contributed by atoms with Gasteiger partial charge in [-0.05, 0) is 25.8 Å². The van der Waals surface area contributed by atoms with Crippen LogP contribution >= 0.6 is 0 Å². The first kappa shape index (κ1) is 14.7. The highest BCUT2D eigenvalue weighted by molar-refractivity contribution is 7.89. The van der Waals surface area contributed by atoms with Crippen molar-refractivity contribution in [2.24, 2.45) is 0 Å². The van der Waals surface area contributed by atoms with E-state index < -0.39 is 10.0 Å². The average molecular weight is 260 g/mol. The molecule has 1 saturated carbocycles. The molecule has 0 aromatic rings. The Hall–Kier alpha value is -0.390. The highest BCUT2D eigenvalue weighted by Gasteiger charge is 2.35. The van der Waals surface area contributed by atoms with E-state index in [1.807, 2.05) is 0 Å². The summed E-state index contributed by atoms with van der Waals surface area (Å²) in [6.45, 7) is 8.94. The first-order valence-corrected chi connectivity index (χ1v) is 7.92. The second-order valence-corrected chi connectivity index (χ2v) is 6.91. The van der Waals surface area contributed by atoms with E-state index in [0.29, 0.717) is 19.0 Å². The summed E-state index contributed by atoms with van der Waals surface area (Å²) < 4.78 is 25.8. The lowest BCUT2D eigenvalue weighted by molar-refractivity contribution is 0.433. The van der Waals surface area contributed by atoms with Crippen LogP contribution in [0, 0.1) is 0 Å². The zero-order valence-corrected chi connectivity index (χ0v) is 11.7. The van der Waals surface area contributed by atoms with Crippen molar-refractivity contribution in [3.05, 3.63) is 12.7 Å². The van der Waals surface area contributed by atoms with Gasteiger partial charge < -0.3 is 5.32 Å². The quantitative estimate of drug-likeness (QED) is 0.503. The Labute approximate surface area is 105 Å². The molecule has 1 aliphatic rings. The number of hydrogen-bond acceptors (Lipinski definition) is 3. The highest BCUT2D eigenvalue weighted by Crippen LogP contribution is 2.29. The molecule has 0 aromatic carbocycles. The second-order valence-electron chi connectivity index (χ2n) is 4.87. The first-order chi connectivity index (χ1) is 7.97. The van der Waals surface area contributed by atoms with Gasteiger partial charge in [0, 0.05) is 18.6 Å². The lowest BCUT2D eigenvalue weighted by Crippen LogP contribution is -2.36. The van der Waals surface area contributed by atoms with E-state index in [0.717, 1.165) is 19.4 Å². The summed E-state index contributed by atoms with van der Waals surface area (Å²) in [7, 11) is -3.10. The van der Waals surface area contributed by atoms with Crippen LogP contribution in [-0.2, 0) is 10.0 Å². The van der Waals surface area contributed by atoms with Crippen LogP contribution in [0.5, 0.6) is 0 Å². The van der Waals surface area contributed by atoms with E-state index in [9.17, 15) is 8.42 Å². The molecular weight excluding hydrogens is 236 g/mol. The van der Waals surface area contributed by atoms with Gasteiger partial charge in [0.1, 0.15) is 0 Å². The molecule has 0 radical (unpaired) electrons. The van der Waals surface area contributed by atoms with Crippen LogP contribution in [0.15, 0.2) is 12.7 Å². The standard InChI is InChI=1S/C12H24N2O2S/c1-4-9-14(12-6-7-12)17(15,16)10-5-8-13-11(2)3/h4,11-13H,1,5-10H2,2-3H3. The van der Waals surface area contributed by atoms with Crippen LogP contribution < -0.4 is 5.32 Å². The van der Waals surface area contributed by atoms with Gasteiger partial charge in [0.2, 0.25) is 10.0 Å². The summed E-state index contributed by atoms with van der Waals surface area (Å²) in [4.78, 5) is 0. The van der Waals surface area contributed by atoms with Crippen LogP contribution in [0.25, 0.3) is 0 Å². The predicted octanol–water partition coefficient (Wildman–Crippen LogP) is 1.35. The molecule has 1 N–H and O–H groups in total. The molecule has 100 valence electrons. The fourth-order valence-electron chi connectivity index (χ4n) is 1.74. The normalized spacial score (nSPS) is 16.7. The molecular formula is C12H24N2O2S. The largest absolute Gasteiger partial charge is 0.314 e. The third-order valence-corrected chi connectivity index (χ3v) is 4.72.